The predicted octanol–water partition coefficient (Wildman–Crippen LogP) is 2.22. The summed E-state index contributed by atoms with van der Waals surface area (Å²) in [6.07, 6.45) is 5.11. The Morgan fingerprint density at radius 2 is 2.35 bits per heavy atom. The zero-order valence-corrected chi connectivity index (χ0v) is 11.1. The van der Waals surface area contributed by atoms with Crippen LogP contribution in [0.2, 0.25) is 0 Å². The number of hydrogen-bond acceptors (Lipinski definition) is 3. The Hall–Kier alpha value is -2.76. The number of anilines is 2. The maximum absolute atomic E-state index is 12.3. The Labute approximate surface area is 115 Å². The second kappa shape index (κ2) is 4.73. The molecular formula is C14H15N5O. The zero-order chi connectivity index (χ0) is 14.1. The van der Waals surface area contributed by atoms with Crippen molar-refractivity contribution in [2.24, 2.45) is 0 Å². The van der Waals surface area contributed by atoms with Gasteiger partial charge in [0.05, 0.1) is 17.4 Å². The largest absolute Gasteiger partial charge is 0.399 e. The third kappa shape index (κ3) is 2.11. The Balaban J connectivity index is 1.90. The lowest BCUT2D eigenvalue weighted by Crippen LogP contribution is -2.10. The van der Waals surface area contributed by atoms with Crippen molar-refractivity contribution in [1.82, 2.24) is 14.8 Å². The fourth-order valence-electron chi connectivity index (χ4n) is 2.13. The van der Waals surface area contributed by atoms with Gasteiger partial charge in [0.25, 0.3) is 5.91 Å². The normalized spacial score (nSPS) is 10.8. The van der Waals surface area contributed by atoms with Crippen molar-refractivity contribution < 1.29 is 4.79 Å². The molecule has 0 aliphatic carbocycles. The summed E-state index contributed by atoms with van der Waals surface area (Å²) in [4.78, 5) is 15.4. The second-order valence-electron chi connectivity index (χ2n) is 4.55. The minimum Gasteiger partial charge on any atom is -0.399 e. The van der Waals surface area contributed by atoms with Crippen LogP contribution in [-0.2, 0) is 6.54 Å². The topological polar surface area (TPSA) is 88.7 Å². The van der Waals surface area contributed by atoms with E-state index in [9.17, 15) is 4.79 Å². The number of aromatic nitrogens is 3. The zero-order valence-electron chi connectivity index (χ0n) is 11.1. The van der Waals surface area contributed by atoms with E-state index >= 15 is 0 Å². The van der Waals surface area contributed by atoms with E-state index in [1.165, 1.54) is 0 Å². The lowest BCUT2D eigenvalue weighted by molar-refractivity contribution is 0.102. The van der Waals surface area contributed by atoms with Gasteiger partial charge in [-0.05, 0) is 25.1 Å². The number of nitrogen functional groups attached to an aromatic ring is 1. The van der Waals surface area contributed by atoms with Crippen LogP contribution in [-0.4, -0.2) is 20.7 Å². The Morgan fingerprint density at radius 1 is 1.50 bits per heavy atom. The predicted molar refractivity (Wildman–Crippen MR) is 78.6 cm³/mol. The highest BCUT2D eigenvalue weighted by atomic mass is 16.1. The van der Waals surface area contributed by atoms with Crippen LogP contribution in [0.25, 0.3) is 10.9 Å². The second-order valence-corrected chi connectivity index (χ2v) is 4.55. The van der Waals surface area contributed by atoms with Crippen LogP contribution in [0.4, 0.5) is 11.4 Å². The molecule has 0 spiro atoms. The average molecular weight is 269 g/mol. The minimum absolute atomic E-state index is 0.183. The molecular weight excluding hydrogens is 254 g/mol. The molecule has 102 valence electrons. The van der Waals surface area contributed by atoms with Gasteiger partial charge in [0.1, 0.15) is 0 Å². The van der Waals surface area contributed by atoms with Gasteiger partial charge in [0, 0.05) is 35.5 Å². The molecule has 0 bridgehead atoms. The van der Waals surface area contributed by atoms with E-state index in [2.05, 4.69) is 15.4 Å². The maximum atomic E-state index is 12.3. The monoisotopic (exact) mass is 269 g/mol. The summed E-state index contributed by atoms with van der Waals surface area (Å²) in [6, 6.07) is 5.44. The first kappa shape index (κ1) is 12.3. The molecule has 0 radical (unpaired) electrons. The number of H-pyrrole nitrogens is 1. The van der Waals surface area contributed by atoms with Crippen LogP contribution in [0.15, 0.2) is 36.8 Å². The summed E-state index contributed by atoms with van der Waals surface area (Å²) in [5, 5.41) is 7.76. The first-order valence-corrected chi connectivity index (χ1v) is 6.38. The van der Waals surface area contributed by atoms with Crippen LogP contribution in [0.5, 0.6) is 0 Å². The number of fused-ring (bicyclic) bond motifs is 1. The molecule has 3 rings (SSSR count). The van der Waals surface area contributed by atoms with Crippen molar-refractivity contribution in [3.63, 3.8) is 0 Å². The molecule has 2 aromatic heterocycles. The third-order valence-corrected chi connectivity index (χ3v) is 3.17. The van der Waals surface area contributed by atoms with Gasteiger partial charge < -0.3 is 16.0 Å². The number of carbonyl (C=O) groups is 1. The summed E-state index contributed by atoms with van der Waals surface area (Å²) in [5.74, 6) is -0.183. The van der Waals surface area contributed by atoms with Gasteiger partial charge in [-0.25, -0.2) is 0 Å². The van der Waals surface area contributed by atoms with E-state index in [1.54, 1.807) is 35.4 Å². The van der Waals surface area contributed by atoms with Gasteiger partial charge >= 0.3 is 0 Å². The highest BCUT2D eigenvalue weighted by Crippen LogP contribution is 2.21. The smallest absolute Gasteiger partial charge is 0.257 e. The lowest BCUT2D eigenvalue weighted by atomic mass is 10.1. The summed E-state index contributed by atoms with van der Waals surface area (Å²) in [6.45, 7) is 2.75. The van der Waals surface area contributed by atoms with Crippen LogP contribution in [0, 0.1) is 0 Å². The number of benzene rings is 1. The minimum atomic E-state index is -0.183. The SMILES string of the molecule is CCn1cc(NC(=O)c2c[nH]c3ccc(N)cc23)cn1. The van der Waals surface area contributed by atoms with Crippen LogP contribution < -0.4 is 11.1 Å². The quantitative estimate of drug-likeness (QED) is 0.637. The lowest BCUT2D eigenvalue weighted by Gasteiger charge is -2.01. The highest BCUT2D eigenvalue weighted by Gasteiger charge is 2.13. The first-order valence-electron chi connectivity index (χ1n) is 6.38. The van der Waals surface area contributed by atoms with Crippen LogP contribution in [0.1, 0.15) is 17.3 Å². The highest BCUT2D eigenvalue weighted by molar-refractivity contribution is 6.13. The van der Waals surface area contributed by atoms with E-state index in [4.69, 9.17) is 5.73 Å². The van der Waals surface area contributed by atoms with Crippen LogP contribution in [0.3, 0.4) is 0 Å². The van der Waals surface area contributed by atoms with Crippen molar-refractivity contribution in [3.8, 4) is 0 Å². The fraction of sp³-hybridized carbons (Fsp3) is 0.143. The van der Waals surface area contributed by atoms with E-state index in [0.717, 1.165) is 17.4 Å². The molecule has 1 amide bonds. The van der Waals surface area contributed by atoms with Gasteiger partial charge in [-0.3, -0.25) is 9.48 Å². The van der Waals surface area contributed by atoms with Gasteiger partial charge in [0.15, 0.2) is 0 Å². The van der Waals surface area contributed by atoms with E-state index in [0.29, 0.717) is 16.9 Å². The summed E-state index contributed by atoms with van der Waals surface area (Å²) < 4.78 is 1.75. The van der Waals surface area contributed by atoms with Crippen molar-refractivity contribution >= 4 is 28.2 Å². The van der Waals surface area contributed by atoms with Gasteiger partial charge in [-0.1, -0.05) is 0 Å². The van der Waals surface area contributed by atoms with Gasteiger partial charge in [0.2, 0.25) is 0 Å². The maximum Gasteiger partial charge on any atom is 0.257 e. The molecule has 0 fully saturated rings. The number of carbonyl (C=O) groups excluding carboxylic acids is 1. The number of hydrogen-bond donors (Lipinski definition) is 3. The van der Waals surface area contributed by atoms with E-state index in [-0.39, 0.29) is 5.91 Å². The number of aryl methyl sites for hydroxylation is 1. The van der Waals surface area contributed by atoms with Crippen molar-refractivity contribution in [2.45, 2.75) is 13.5 Å². The molecule has 3 aromatic rings. The van der Waals surface area contributed by atoms with Crippen molar-refractivity contribution in [1.29, 1.82) is 0 Å². The van der Waals surface area contributed by atoms with E-state index < -0.39 is 0 Å². The molecule has 0 unspecified atom stereocenters. The molecule has 0 atom stereocenters. The standard InChI is InChI=1S/C14H15N5O/c1-2-19-8-10(6-17-19)18-14(20)12-7-16-13-4-3-9(15)5-11(12)13/h3-8,16H,2,15H2,1H3,(H,18,20). The van der Waals surface area contributed by atoms with Crippen molar-refractivity contribution in [2.75, 3.05) is 11.1 Å². The van der Waals surface area contributed by atoms with Crippen molar-refractivity contribution in [3.05, 3.63) is 42.4 Å². The number of nitrogens with one attached hydrogen (secondary N) is 2. The van der Waals surface area contributed by atoms with Gasteiger partial charge in [-0.15, -0.1) is 0 Å². The number of nitrogens with zero attached hydrogens (tertiary/aromatic N) is 2. The molecule has 2 heterocycles. The Bertz CT molecular complexity index is 771. The van der Waals surface area contributed by atoms with E-state index in [1.807, 2.05) is 13.0 Å². The third-order valence-electron chi connectivity index (χ3n) is 3.17. The summed E-state index contributed by atoms with van der Waals surface area (Å²) in [7, 11) is 0. The van der Waals surface area contributed by atoms with Gasteiger partial charge in [-0.2, -0.15) is 5.10 Å². The number of aromatic amines is 1. The fourth-order valence-corrected chi connectivity index (χ4v) is 2.13. The molecule has 0 saturated carbocycles. The summed E-state index contributed by atoms with van der Waals surface area (Å²) in [5.41, 5.74) is 8.52. The Morgan fingerprint density at radius 3 is 3.10 bits per heavy atom. The number of amides is 1. The molecule has 0 aliphatic heterocycles. The molecule has 20 heavy (non-hydrogen) atoms. The molecule has 0 saturated heterocycles. The summed E-state index contributed by atoms with van der Waals surface area (Å²) >= 11 is 0. The molecule has 1 aromatic carbocycles. The molecule has 0 aliphatic rings. The average Bonchev–Trinajstić information content (AvgIpc) is 3.04. The number of nitrogens with two attached hydrogens (primary N) is 1. The molecule has 4 N–H and O–H groups in total. The number of rotatable bonds is 3. The Kier molecular flexibility index (Phi) is 2.90. The first-order chi connectivity index (χ1) is 9.67. The molecule has 6 nitrogen and oxygen atoms in total. The van der Waals surface area contributed by atoms with Crippen LogP contribution >= 0.6 is 0 Å². The molecule has 6 heteroatoms.